The van der Waals surface area contributed by atoms with E-state index in [-0.39, 0.29) is 5.69 Å². The molecule has 0 amide bonds. The third-order valence-corrected chi connectivity index (χ3v) is 4.60. The highest BCUT2D eigenvalue weighted by atomic mass is 32.1. The van der Waals surface area contributed by atoms with Crippen LogP contribution in [0.1, 0.15) is 17.4 Å². The van der Waals surface area contributed by atoms with E-state index in [2.05, 4.69) is 28.3 Å². The summed E-state index contributed by atoms with van der Waals surface area (Å²) < 4.78 is 0. The van der Waals surface area contributed by atoms with E-state index in [9.17, 15) is 10.1 Å². The molecule has 6 nitrogen and oxygen atoms in total. The second-order valence-corrected chi connectivity index (χ2v) is 6.00. The fraction of sp³-hybridized carbons (Fsp3) is 0.200. The maximum Gasteiger partial charge on any atom is 0.271 e. The molecule has 2 heterocycles. The molecule has 0 saturated heterocycles. The van der Waals surface area contributed by atoms with E-state index in [4.69, 9.17) is 0 Å². The van der Waals surface area contributed by atoms with Crippen molar-refractivity contribution in [1.82, 2.24) is 9.97 Å². The van der Waals surface area contributed by atoms with Crippen molar-refractivity contribution in [1.29, 1.82) is 0 Å². The Kier molecular flexibility index (Phi) is 3.72. The first-order valence-corrected chi connectivity index (χ1v) is 7.65. The Labute approximate surface area is 131 Å². The van der Waals surface area contributed by atoms with Crippen molar-refractivity contribution in [2.75, 3.05) is 5.32 Å². The molecule has 0 unspecified atom stereocenters. The molecule has 3 rings (SSSR count). The highest BCUT2D eigenvalue weighted by molar-refractivity contribution is 7.18. The molecule has 3 aromatic rings. The number of fused-ring (bicyclic) bond motifs is 1. The molecule has 0 atom stereocenters. The van der Waals surface area contributed by atoms with Gasteiger partial charge in [-0.3, -0.25) is 10.1 Å². The third-order valence-electron chi connectivity index (χ3n) is 3.41. The van der Waals surface area contributed by atoms with E-state index >= 15 is 0 Å². The third kappa shape index (κ3) is 2.62. The number of nitrogens with zero attached hydrogens (tertiary/aromatic N) is 3. The molecular formula is C15H14N4O2S. The van der Waals surface area contributed by atoms with Gasteiger partial charge in [0.2, 0.25) is 0 Å². The fourth-order valence-electron chi connectivity index (χ4n) is 2.17. The first kappa shape index (κ1) is 14.4. The summed E-state index contributed by atoms with van der Waals surface area (Å²) in [7, 11) is 0. The number of anilines is 2. The van der Waals surface area contributed by atoms with Crippen LogP contribution in [0.2, 0.25) is 0 Å². The number of hydrogen-bond donors (Lipinski definition) is 1. The Morgan fingerprint density at radius 1 is 1.32 bits per heavy atom. The number of aryl methyl sites for hydroxylation is 2. The first-order chi connectivity index (χ1) is 10.6. The van der Waals surface area contributed by atoms with Crippen LogP contribution in [0.3, 0.4) is 0 Å². The number of thiophene rings is 1. The minimum atomic E-state index is -0.403. The lowest BCUT2D eigenvalue weighted by Crippen LogP contribution is -1.98. The quantitative estimate of drug-likeness (QED) is 0.576. The van der Waals surface area contributed by atoms with Gasteiger partial charge < -0.3 is 5.32 Å². The Bertz CT molecular complexity index is 860. The Morgan fingerprint density at radius 2 is 2.14 bits per heavy atom. The summed E-state index contributed by atoms with van der Waals surface area (Å²) in [6.45, 7) is 3.99. The van der Waals surface area contributed by atoms with Crippen LogP contribution in [-0.2, 0) is 6.42 Å². The van der Waals surface area contributed by atoms with Gasteiger partial charge in [0.25, 0.3) is 5.69 Å². The molecular weight excluding hydrogens is 300 g/mol. The van der Waals surface area contributed by atoms with E-state index in [1.165, 1.54) is 23.3 Å². The lowest BCUT2D eigenvalue weighted by Gasteiger charge is -2.09. The molecule has 7 heteroatoms. The minimum absolute atomic E-state index is 0.0537. The van der Waals surface area contributed by atoms with Crippen LogP contribution in [0, 0.1) is 17.0 Å². The molecule has 0 radical (unpaired) electrons. The summed E-state index contributed by atoms with van der Waals surface area (Å²) in [4.78, 5) is 21.2. The lowest BCUT2D eigenvalue weighted by molar-refractivity contribution is -0.384. The van der Waals surface area contributed by atoms with Crippen molar-refractivity contribution in [3.8, 4) is 0 Å². The van der Waals surface area contributed by atoms with Gasteiger partial charge in [-0.2, -0.15) is 0 Å². The van der Waals surface area contributed by atoms with Crippen molar-refractivity contribution in [2.45, 2.75) is 20.3 Å². The zero-order valence-corrected chi connectivity index (χ0v) is 13.0. The Morgan fingerprint density at radius 3 is 2.86 bits per heavy atom. The van der Waals surface area contributed by atoms with Gasteiger partial charge in [-0.05, 0) is 25.0 Å². The molecule has 0 fully saturated rings. The van der Waals surface area contributed by atoms with E-state index in [1.54, 1.807) is 17.4 Å². The second-order valence-electron chi connectivity index (χ2n) is 4.89. The fourth-order valence-corrected chi connectivity index (χ4v) is 3.10. The summed E-state index contributed by atoms with van der Waals surface area (Å²) >= 11 is 1.63. The van der Waals surface area contributed by atoms with Crippen LogP contribution in [0.25, 0.3) is 10.2 Å². The van der Waals surface area contributed by atoms with Gasteiger partial charge >= 0.3 is 0 Å². The molecule has 112 valence electrons. The molecule has 22 heavy (non-hydrogen) atoms. The van der Waals surface area contributed by atoms with Gasteiger partial charge in [0.05, 0.1) is 10.3 Å². The predicted octanol–water partition coefficient (Wildman–Crippen LogP) is 4.21. The molecule has 0 saturated carbocycles. The van der Waals surface area contributed by atoms with Crippen LogP contribution in [-0.4, -0.2) is 14.9 Å². The summed E-state index contributed by atoms with van der Waals surface area (Å²) in [5.74, 6) is 0.671. The average Bonchev–Trinajstić information content (AvgIpc) is 2.93. The van der Waals surface area contributed by atoms with E-state index in [0.29, 0.717) is 11.5 Å². The number of nitro groups is 1. The zero-order chi connectivity index (χ0) is 15.7. The predicted molar refractivity (Wildman–Crippen MR) is 87.9 cm³/mol. The van der Waals surface area contributed by atoms with Crippen LogP contribution >= 0.6 is 11.3 Å². The highest BCUT2D eigenvalue weighted by Gasteiger charge is 2.12. The van der Waals surface area contributed by atoms with E-state index < -0.39 is 4.92 Å². The van der Waals surface area contributed by atoms with Crippen molar-refractivity contribution >= 4 is 38.7 Å². The number of nitro benzene ring substituents is 1. The van der Waals surface area contributed by atoms with Crippen molar-refractivity contribution in [2.24, 2.45) is 0 Å². The largest absolute Gasteiger partial charge is 0.339 e. The van der Waals surface area contributed by atoms with Crippen LogP contribution in [0.15, 0.2) is 30.6 Å². The van der Waals surface area contributed by atoms with Crippen molar-refractivity contribution in [3.05, 3.63) is 51.1 Å². The summed E-state index contributed by atoms with van der Waals surface area (Å²) in [6.07, 6.45) is 2.45. The Balaban J connectivity index is 2.04. The minimum Gasteiger partial charge on any atom is -0.339 e. The topological polar surface area (TPSA) is 81.0 Å². The van der Waals surface area contributed by atoms with Gasteiger partial charge in [0.1, 0.15) is 17.0 Å². The van der Waals surface area contributed by atoms with Gasteiger partial charge in [-0.25, -0.2) is 9.97 Å². The molecule has 0 bridgehead atoms. The first-order valence-electron chi connectivity index (χ1n) is 6.84. The number of nitrogens with one attached hydrogen (secondary N) is 1. The van der Waals surface area contributed by atoms with Crippen LogP contribution in [0.4, 0.5) is 17.2 Å². The second kappa shape index (κ2) is 5.69. The molecule has 0 spiro atoms. The van der Waals surface area contributed by atoms with E-state index in [1.807, 2.05) is 6.92 Å². The number of aromatic nitrogens is 2. The van der Waals surface area contributed by atoms with Gasteiger partial charge in [-0.15, -0.1) is 11.3 Å². The van der Waals surface area contributed by atoms with Crippen molar-refractivity contribution < 1.29 is 4.92 Å². The standard InChI is InChI=1S/C15H14N4O2S/c1-3-11-7-12-14(16-8-17-15(12)22-11)18-13-6-10(19(20)21)5-4-9(13)2/h4-8H,3H2,1-2H3,(H,16,17,18). The van der Waals surface area contributed by atoms with Gasteiger partial charge in [0, 0.05) is 22.7 Å². The maximum atomic E-state index is 10.9. The maximum absolute atomic E-state index is 10.9. The van der Waals surface area contributed by atoms with Gasteiger partial charge in [0.15, 0.2) is 0 Å². The number of rotatable bonds is 4. The molecule has 0 aliphatic heterocycles. The number of non-ortho nitro benzene ring substituents is 1. The van der Waals surface area contributed by atoms with Crippen molar-refractivity contribution in [3.63, 3.8) is 0 Å². The molecule has 1 aromatic carbocycles. The monoisotopic (exact) mass is 314 g/mol. The number of hydrogen-bond acceptors (Lipinski definition) is 6. The van der Waals surface area contributed by atoms with Gasteiger partial charge in [-0.1, -0.05) is 13.0 Å². The highest BCUT2D eigenvalue weighted by Crippen LogP contribution is 2.31. The molecule has 2 aromatic heterocycles. The van der Waals surface area contributed by atoms with E-state index in [0.717, 1.165) is 22.2 Å². The number of benzene rings is 1. The Hall–Kier alpha value is -2.54. The zero-order valence-electron chi connectivity index (χ0n) is 12.2. The normalized spacial score (nSPS) is 10.8. The smallest absolute Gasteiger partial charge is 0.271 e. The summed E-state index contributed by atoms with van der Waals surface area (Å²) in [5, 5.41) is 15.1. The SMILES string of the molecule is CCc1cc2c(Nc3cc([N+](=O)[O-])ccc3C)ncnc2s1. The molecule has 0 aliphatic rings. The average molecular weight is 314 g/mol. The summed E-state index contributed by atoms with van der Waals surface area (Å²) in [5.41, 5.74) is 1.65. The van der Waals surface area contributed by atoms with Crippen LogP contribution < -0.4 is 5.32 Å². The summed E-state index contributed by atoms with van der Waals surface area (Å²) in [6, 6.07) is 6.81. The molecule has 1 N–H and O–H groups in total. The van der Waals surface area contributed by atoms with Crippen LogP contribution in [0.5, 0.6) is 0 Å². The lowest BCUT2D eigenvalue weighted by atomic mass is 10.1. The molecule has 0 aliphatic carbocycles.